The third kappa shape index (κ3) is 4.10. The zero-order valence-electron chi connectivity index (χ0n) is 54.0. The Bertz CT molecular complexity index is 4580. The maximum absolute atomic E-state index is 10.3. The molecule has 222 valence electrons. The van der Waals surface area contributed by atoms with Crippen molar-refractivity contribution in [2.24, 2.45) is 0 Å². The van der Waals surface area contributed by atoms with E-state index in [1.165, 1.54) is 0 Å². The molecule has 10 aromatic carbocycles. The number of fused-ring (bicyclic) bond motifs is 7. The standard InChI is InChI=1S/C48H30/c1-4-16-37-31(11-1)14-9-21-40(37)35-25-28-45-46(30-35)47(36-26-27-41-34(29-36)24-23-33-13-3-5-17-38(33)41)43-19-7-8-20-44(43)48(45)42-22-10-15-32-12-2-6-18-39(32)42/h1-30H/i1D,2D,3D,4D,5D,6D,7D,8D,9D,10D,11D,12D,13D,14D,15D,16D,17D,18D,19D,20D,21D,22D,23D,24D,25D,26D,27D,28D,29D,30D. The monoisotopic (exact) mass is 636 g/mol. The van der Waals surface area contributed by atoms with Gasteiger partial charge in [0.1, 0.15) is 0 Å². The highest BCUT2D eigenvalue weighted by atomic mass is 14.2. The minimum absolute atomic E-state index is 0.565. The van der Waals surface area contributed by atoms with Crippen LogP contribution in [0.25, 0.3) is 98.0 Å². The first-order valence-electron chi connectivity index (χ1n) is 29.2. The van der Waals surface area contributed by atoms with Crippen molar-refractivity contribution in [3.05, 3.63) is 181 Å². The summed E-state index contributed by atoms with van der Waals surface area (Å²) in [5, 5.41) is -8.75. The van der Waals surface area contributed by atoms with Crippen LogP contribution < -0.4 is 0 Å². The Morgan fingerprint density at radius 3 is 1.44 bits per heavy atom. The number of benzene rings is 10. The highest BCUT2D eigenvalue weighted by Gasteiger charge is 2.19. The van der Waals surface area contributed by atoms with Gasteiger partial charge in [-0.1, -0.05) is 169 Å². The van der Waals surface area contributed by atoms with E-state index in [2.05, 4.69) is 0 Å². The van der Waals surface area contributed by atoms with Gasteiger partial charge in [-0.3, -0.25) is 0 Å². The molecule has 0 aliphatic rings. The van der Waals surface area contributed by atoms with Crippen LogP contribution in [0.4, 0.5) is 0 Å². The Hall–Kier alpha value is -6.24. The van der Waals surface area contributed by atoms with Crippen LogP contribution in [-0.4, -0.2) is 0 Å². The molecular formula is C48H30. The smallest absolute Gasteiger partial charge is 0.0616 e. The van der Waals surface area contributed by atoms with Crippen molar-refractivity contribution in [2.45, 2.75) is 0 Å². The van der Waals surface area contributed by atoms with E-state index in [0.29, 0.717) is 0 Å². The van der Waals surface area contributed by atoms with E-state index in [0.717, 1.165) is 0 Å². The van der Waals surface area contributed by atoms with Crippen molar-refractivity contribution in [1.29, 1.82) is 0 Å². The molecule has 48 heavy (non-hydrogen) atoms. The van der Waals surface area contributed by atoms with Gasteiger partial charge in [0.25, 0.3) is 0 Å². The van der Waals surface area contributed by atoms with Crippen LogP contribution in [0.15, 0.2) is 181 Å². The lowest BCUT2D eigenvalue weighted by Crippen LogP contribution is -1.93. The summed E-state index contributed by atoms with van der Waals surface area (Å²) in [4.78, 5) is 0. The lowest BCUT2D eigenvalue weighted by Gasteiger charge is -2.20. The molecule has 0 amide bonds. The summed E-state index contributed by atoms with van der Waals surface area (Å²) in [5.74, 6) is 0. The summed E-state index contributed by atoms with van der Waals surface area (Å²) >= 11 is 0. The van der Waals surface area contributed by atoms with E-state index in [1.54, 1.807) is 0 Å². The minimum atomic E-state index is -1.16. The molecule has 0 heteroatoms. The van der Waals surface area contributed by atoms with Crippen molar-refractivity contribution in [3.63, 3.8) is 0 Å². The molecule has 0 bridgehead atoms. The van der Waals surface area contributed by atoms with Crippen LogP contribution >= 0.6 is 0 Å². The minimum Gasteiger partial charge on any atom is -0.0616 e. The molecule has 0 saturated carbocycles. The van der Waals surface area contributed by atoms with Gasteiger partial charge >= 0.3 is 0 Å². The van der Waals surface area contributed by atoms with Gasteiger partial charge in [0.05, 0.1) is 41.1 Å². The van der Waals surface area contributed by atoms with Gasteiger partial charge in [-0.15, -0.1) is 0 Å². The van der Waals surface area contributed by atoms with Crippen molar-refractivity contribution < 1.29 is 41.1 Å². The summed E-state index contributed by atoms with van der Waals surface area (Å²) in [6.07, 6.45) is 0. The second kappa shape index (κ2) is 10.7. The van der Waals surface area contributed by atoms with Crippen LogP contribution in [0.1, 0.15) is 41.1 Å². The molecule has 0 nitrogen and oxygen atoms in total. The van der Waals surface area contributed by atoms with E-state index < -0.39 is 279 Å². The zero-order valence-corrected chi connectivity index (χ0v) is 24.0. The molecule has 0 aliphatic heterocycles. The summed E-state index contributed by atoms with van der Waals surface area (Å²) in [5.41, 5.74) is -5.19. The Morgan fingerprint density at radius 1 is 0.250 bits per heavy atom. The highest BCUT2D eigenvalue weighted by Crippen LogP contribution is 2.47. The molecular weight excluding hydrogens is 577 g/mol. The van der Waals surface area contributed by atoms with Crippen molar-refractivity contribution in [1.82, 2.24) is 0 Å². The molecule has 0 heterocycles. The summed E-state index contributed by atoms with van der Waals surface area (Å²) in [6, 6.07) is -29.5. The fourth-order valence-electron chi connectivity index (χ4n) is 5.88. The average molecular weight is 637 g/mol. The molecule has 0 radical (unpaired) electrons. The van der Waals surface area contributed by atoms with E-state index in [9.17, 15) is 16.4 Å². The fraction of sp³-hybridized carbons (Fsp3) is 0. The number of hydrogen-bond donors (Lipinski definition) is 0. The SMILES string of the molecule is [2H]c1c([2H])c([2H])c2c(-c3c([2H])c([2H])c4c(-c5c([2H])c([2H])c([2H])c6c([2H])c([2H])c([2H])c([2H])c56)c5c([2H])c([2H])c([2H])c([2H])c5c(-c5c([2H])c([2H])c6c(c5[2H])c([2H])c([2H])c5c([2H])c([2H])c([2H])c([2H])c56)c4c3[2H])c([2H])c([2H])c([2H])c2c1[2H]. The number of hydrogen-bond acceptors (Lipinski definition) is 0. The normalized spacial score (nSPS) is 20.5. The predicted octanol–water partition coefficient (Wildman–Crippen LogP) is 13.6. The fourth-order valence-corrected chi connectivity index (χ4v) is 5.88. The van der Waals surface area contributed by atoms with Crippen LogP contribution in [-0.2, 0) is 0 Å². The van der Waals surface area contributed by atoms with Crippen molar-refractivity contribution in [3.8, 4) is 33.4 Å². The molecule has 0 atom stereocenters. The molecule has 0 aromatic heterocycles. The third-order valence-electron chi connectivity index (χ3n) is 7.94. The highest BCUT2D eigenvalue weighted by molar-refractivity contribution is 6.24. The first kappa shape index (κ1) is 10.6. The predicted molar refractivity (Wildman–Crippen MR) is 208 cm³/mol. The Morgan fingerprint density at radius 2 is 0.708 bits per heavy atom. The Labute approximate surface area is 321 Å². The molecule has 0 aliphatic carbocycles. The lowest BCUT2D eigenvalue weighted by atomic mass is 9.83. The maximum atomic E-state index is 10.3. The van der Waals surface area contributed by atoms with Gasteiger partial charge in [-0.05, 0) is 110 Å². The lowest BCUT2D eigenvalue weighted by molar-refractivity contribution is 1.66. The molecule has 0 saturated heterocycles. The molecule has 0 N–H and O–H groups in total. The van der Waals surface area contributed by atoms with Gasteiger partial charge in [-0.25, -0.2) is 0 Å². The first-order chi connectivity index (χ1) is 36.3. The summed E-state index contributed by atoms with van der Waals surface area (Å²) < 4.78 is 273. The van der Waals surface area contributed by atoms with E-state index in [-0.39, 0.29) is 0 Å². The van der Waals surface area contributed by atoms with E-state index in [1.807, 2.05) is 0 Å². The molecule has 10 aromatic rings. The zero-order chi connectivity index (χ0) is 57.7. The van der Waals surface area contributed by atoms with Crippen LogP contribution in [0.5, 0.6) is 0 Å². The molecule has 10 rings (SSSR count). The second-order valence-electron chi connectivity index (χ2n) is 10.5. The maximum Gasteiger partial charge on any atom is 0.0636 e. The van der Waals surface area contributed by atoms with Crippen molar-refractivity contribution >= 4 is 64.6 Å². The van der Waals surface area contributed by atoms with Crippen LogP contribution in [0.3, 0.4) is 0 Å². The van der Waals surface area contributed by atoms with Gasteiger partial charge in [0.15, 0.2) is 0 Å². The van der Waals surface area contributed by atoms with Gasteiger partial charge in [-0.2, -0.15) is 0 Å². The third-order valence-corrected chi connectivity index (χ3v) is 7.94. The van der Waals surface area contributed by atoms with Crippen LogP contribution in [0, 0.1) is 0 Å². The Kier molecular flexibility index (Phi) is 2.36. The van der Waals surface area contributed by atoms with Crippen LogP contribution in [0.2, 0.25) is 0 Å². The number of rotatable bonds is 3. The quantitative estimate of drug-likeness (QED) is 0.134. The summed E-state index contributed by atoms with van der Waals surface area (Å²) in [6.45, 7) is 0. The topological polar surface area (TPSA) is 0 Å². The largest absolute Gasteiger partial charge is 0.0636 e. The molecule has 0 fully saturated rings. The van der Waals surface area contributed by atoms with E-state index >= 15 is 0 Å². The van der Waals surface area contributed by atoms with Gasteiger partial charge in [0.2, 0.25) is 0 Å². The summed E-state index contributed by atoms with van der Waals surface area (Å²) in [7, 11) is 0. The van der Waals surface area contributed by atoms with E-state index in [4.69, 9.17) is 24.7 Å². The van der Waals surface area contributed by atoms with Gasteiger partial charge < -0.3 is 0 Å². The molecule has 0 spiro atoms. The second-order valence-corrected chi connectivity index (χ2v) is 10.5. The molecule has 0 unspecified atom stereocenters. The van der Waals surface area contributed by atoms with Gasteiger partial charge in [0, 0.05) is 0 Å². The average Bonchev–Trinajstić information content (AvgIpc) is 3.40. The first-order valence-corrected chi connectivity index (χ1v) is 14.2. The van der Waals surface area contributed by atoms with Crippen molar-refractivity contribution in [2.75, 3.05) is 0 Å². The Balaban J connectivity index is 1.63.